The van der Waals surface area contributed by atoms with Gasteiger partial charge in [-0.05, 0) is 43.5 Å². The van der Waals surface area contributed by atoms with Gasteiger partial charge in [-0.2, -0.15) is 13.2 Å². The maximum absolute atomic E-state index is 14.0. The van der Waals surface area contributed by atoms with Crippen LogP contribution in [0.5, 0.6) is 0 Å². The maximum Gasteiger partial charge on any atom is 0.391 e. The van der Waals surface area contributed by atoms with Crippen LogP contribution in [0.15, 0.2) is 18.2 Å². The molecule has 2 nitrogen and oxygen atoms in total. The average molecular weight is 290 g/mol. The minimum Gasteiger partial charge on any atom is -0.369 e. The largest absolute Gasteiger partial charge is 0.391 e. The second kappa shape index (κ2) is 5.99. The second-order valence-electron chi connectivity index (χ2n) is 5.13. The van der Waals surface area contributed by atoms with Crippen molar-refractivity contribution in [2.45, 2.75) is 25.4 Å². The topological polar surface area (TPSA) is 29.3 Å². The van der Waals surface area contributed by atoms with Crippen LogP contribution in [0.25, 0.3) is 0 Å². The predicted molar refractivity (Wildman–Crippen MR) is 70.2 cm³/mol. The summed E-state index contributed by atoms with van der Waals surface area (Å²) in [6.45, 7) is 0.907. The molecule has 0 radical (unpaired) electrons. The Hall–Kier alpha value is -1.30. The normalized spacial score (nSPS) is 17.6. The maximum atomic E-state index is 14.0. The molecule has 0 atom stereocenters. The van der Waals surface area contributed by atoms with Crippen LogP contribution in [0.4, 0.5) is 23.2 Å². The first kappa shape index (κ1) is 15.1. The van der Waals surface area contributed by atoms with Crippen LogP contribution in [0.2, 0.25) is 0 Å². The SMILES string of the molecule is NCCc1ccc(N2CCC(C(F)(F)F)CC2)c(F)c1. The molecule has 1 saturated heterocycles. The van der Waals surface area contributed by atoms with Gasteiger partial charge in [-0.25, -0.2) is 4.39 Å². The van der Waals surface area contributed by atoms with Crippen molar-refractivity contribution in [2.24, 2.45) is 11.7 Å². The van der Waals surface area contributed by atoms with E-state index in [1.165, 1.54) is 6.07 Å². The van der Waals surface area contributed by atoms with Gasteiger partial charge < -0.3 is 10.6 Å². The number of nitrogens with two attached hydrogens (primary N) is 1. The minimum atomic E-state index is -4.14. The van der Waals surface area contributed by atoms with Crippen LogP contribution in [0, 0.1) is 11.7 Å². The highest BCUT2D eigenvalue weighted by Gasteiger charge is 2.41. The number of halogens is 4. The number of benzene rings is 1. The molecule has 0 aliphatic carbocycles. The molecule has 6 heteroatoms. The van der Waals surface area contributed by atoms with Crippen molar-refractivity contribution in [3.63, 3.8) is 0 Å². The quantitative estimate of drug-likeness (QED) is 0.867. The second-order valence-corrected chi connectivity index (χ2v) is 5.13. The molecule has 1 aromatic rings. The van der Waals surface area contributed by atoms with Crippen molar-refractivity contribution in [1.82, 2.24) is 0 Å². The summed E-state index contributed by atoms with van der Waals surface area (Å²) in [5, 5.41) is 0. The number of hydrogen-bond donors (Lipinski definition) is 1. The Bertz CT molecular complexity index is 451. The van der Waals surface area contributed by atoms with Crippen molar-refractivity contribution in [1.29, 1.82) is 0 Å². The Morgan fingerprint density at radius 3 is 2.35 bits per heavy atom. The number of piperidine rings is 1. The van der Waals surface area contributed by atoms with E-state index in [0.717, 1.165) is 5.56 Å². The number of rotatable bonds is 3. The fourth-order valence-corrected chi connectivity index (χ4v) is 2.58. The molecule has 112 valence electrons. The standard InChI is InChI=1S/C14H18F4N2/c15-12-9-10(3-6-19)1-2-13(12)20-7-4-11(5-8-20)14(16,17)18/h1-2,9,11H,3-8,19H2. The Morgan fingerprint density at radius 2 is 1.85 bits per heavy atom. The molecule has 1 fully saturated rings. The molecular formula is C14H18F4N2. The van der Waals surface area contributed by atoms with Crippen LogP contribution in [-0.2, 0) is 6.42 Å². The van der Waals surface area contributed by atoms with Gasteiger partial charge in [0.1, 0.15) is 5.82 Å². The lowest BCUT2D eigenvalue weighted by atomic mass is 9.95. The molecule has 20 heavy (non-hydrogen) atoms. The molecule has 0 saturated carbocycles. The van der Waals surface area contributed by atoms with Crippen molar-refractivity contribution in [3.05, 3.63) is 29.6 Å². The summed E-state index contributed by atoms with van der Waals surface area (Å²) in [7, 11) is 0. The van der Waals surface area contributed by atoms with E-state index in [1.807, 2.05) is 0 Å². The first-order valence-corrected chi connectivity index (χ1v) is 6.72. The Kier molecular flexibility index (Phi) is 4.52. The van der Waals surface area contributed by atoms with Gasteiger partial charge >= 0.3 is 6.18 Å². The average Bonchev–Trinajstić information content (AvgIpc) is 2.38. The number of hydrogen-bond acceptors (Lipinski definition) is 2. The summed E-state index contributed by atoms with van der Waals surface area (Å²) in [5.41, 5.74) is 6.59. The zero-order chi connectivity index (χ0) is 14.8. The van der Waals surface area contributed by atoms with E-state index < -0.39 is 12.1 Å². The molecule has 1 aliphatic heterocycles. The molecule has 0 amide bonds. The first-order valence-electron chi connectivity index (χ1n) is 6.72. The highest BCUT2D eigenvalue weighted by atomic mass is 19.4. The molecule has 0 unspecified atom stereocenters. The predicted octanol–water partition coefficient (Wildman–Crippen LogP) is 3.11. The van der Waals surface area contributed by atoms with Crippen molar-refractivity contribution in [3.8, 4) is 0 Å². The van der Waals surface area contributed by atoms with Gasteiger partial charge in [0.05, 0.1) is 11.6 Å². The lowest BCUT2D eigenvalue weighted by Crippen LogP contribution is -2.39. The van der Waals surface area contributed by atoms with E-state index in [4.69, 9.17) is 5.73 Å². The van der Waals surface area contributed by atoms with Crippen molar-refractivity contribution in [2.75, 3.05) is 24.5 Å². The molecule has 1 heterocycles. The lowest BCUT2D eigenvalue weighted by molar-refractivity contribution is -0.179. The van der Waals surface area contributed by atoms with Gasteiger partial charge in [-0.3, -0.25) is 0 Å². The van der Waals surface area contributed by atoms with Crippen molar-refractivity contribution >= 4 is 5.69 Å². The van der Waals surface area contributed by atoms with E-state index in [2.05, 4.69) is 0 Å². The minimum absolute atomic E-state index is 0.0213. The zero-order valence-electron chi connectivity index (χ0n) is 11.1. The summed E-state index contributed by atoms with van der Waals surface area (Å²) in [5.74, 6) is -1.65. The van der Waals surface area contributed by atoms with Crippen LogP contribution >= 0.6 is 0 Å². The molecule has 0 spiro atoms. The molecule has 0 bridgehead atoms. The molecule has 2 rings (SSSR count). The highest BCUT2D eigenvalue weighted by Crippen LogP contribution is 2.35. The molecular weight excluding hydrogens is 272 g/mol. The van der Waals surface area contributed by atoms with E-state index >= 15 is 0 Å². The van der Waals surface area contributed by atoms with Gasteiger partial charge in [0, 0.05) is 13.1 Å². The summed E-state index contributed by atoms with van der Waals surface area (Å²) in [6, 6.07) is 4.83. The van der Waals surface area contributed by atoms with E-state index in [-0.39, 0.29) is 31.7 Å². The Morgan fingerprint density at radius 1 is 1.20 bits per heavy atom. The smallest absolute Gasteiger partial charge is 0.369 e. The van der Waals surface area contributed by atoms with E-state index in [9.17, 15) is 17.6 Å². The summed E-state index contributed by atoms with van der Waals surface area (Å²) < 4.78 is 51.7. The number of alkyl halides is 3. The van der Waals surface area contributed by atoms with Gasteiger partial charge in [-0.1, -0.05) is 6.07 Å². The summed E-state index contributed by atoms with van der Waals surface area (Å²) in [6.07, 6.45) is -3.51. The Balaban J connectivity index is 2.03. The lowest BCUT2D eigenvalue weighted by Gasteiger charge is -2.34. The highest BCUT2D eigenvalue weighted by molar-refractivity contribution is 5.49. The van der Waals surface area contributed by atoms with Gasteiger partial charge in [-0.15, -0.1) is 0 Å². The number of anilines is 1. The van der Waals surface area contributed by atoms with Crippen molar-refractivity contribution < 1.29 is 17.6 Å². The Labute approximate surface area is 115 Å². The molecule has 1 aliphatic rings. The van der Waals surface area contributed by atoms with Gasteiger partial charge in [0.25, 0.3) is 0 Å². The summed E-state index contributed by atoms with van der Waals surface area (Å²) >= 11 is 0. The third-order valence-corrected chi connectivity index (χ3v) is 3.74. The van der Waals surface area contributed by atoms with Gasteiger partial charge in [0.2, 0.25) is 0 Å². The first-order chi connectivity index (χ1) is 9.41. The fraction of sp³-hybridized carbons (Fsp3) is 0.571. The van der Waals surface area contributed by atoms with E-state index in [0.29, 0.717) is 18.7 Å². The zero-order valence-corrected chi connectivity index (χ0v) is 11.1. The van der Waals surface area contributed by atoms with E-state index in [1.54, 1.807) is 17.0 Å². The summed E-state index contributed by atoms with van der Waals surface area (Å²) in [4.78, 5) is 1.68. The molecule has 0 aromatic heterocycles. The van der Waals surface area contributed by atoms with Gasteiger partial charge in [0.15, 0.2) is 0 Å². The third-order valence-electron chi connectivity index (χ3n) is 3.74. The van der Waals surface area contributed by atoms with Crippen LogP contribution in [0.3, 0.4) is 0 Å². The third kappa shape index (κ3) is 3.42. The van der Waals surface area contributed by atoms with Crippen LogP contribution < -0.4 is 10.6 Å². The molecule has 2 N–H and O–H groups in total. The molecule has 1 aromatic carbocycles. The monoisotopic (exact) mass is 290 g/mol. The van der Waals surface area contributed by atoms with Crippen LogP contribution in [0.1, 0.15) is 18.4 Å². The number of nitrogens with zero attached hydrogens (tertiary/aromatic N) is 1. The fourth-order valence-electron chi connectivity index (χ4n) is 2.58. The van der Waals surface area contributed by atoms with Crippen LogP contribution in [-0.4, -0.2) is 25.8 Å².